The topological polar surface area (TPSA) is 74.9 Å². The molecular weight excluding hydrogens is 543 g/mol. The molecule has 0 radical (unpaired) electrons. The Bertz CT molecular complexity index is 1140. The lowest BCUT2D eigenvalue weighted by atomic mass is 9.83. The Labute approximate surface area is 258 Å². The SMILES string of the molecule is C1CCNC1.COc1ccc(CCC(CCNC=O)Oc2cc(F)cc(N3CC4CNCC4C3)c2)cc1C1CCCCC1.[HH]. The Hall–Kier alpha value is -2.84. The maximum atomic E-state index is 14.7. The first-order valence-electron chi connectivity index (χ1n) is 16.6. The van der Waals surface area contributed by atoms with E-state index in [4.69, 9.17) is 9.47 Å². The number of carbonyl (C=O) groups excluding carboxylic acids is 1. The molecule has 4 fully saturated rings. The number of hydrogen-bond acceptors (Lipinski definition) is 6. The summed E-state index contributed by atoms with van der Waals surface area (Å²) in [5, 5.41) is 9.44. The van der Waals surface area contributed by atoms with Crippen molar-refractivity contribution in [1.82, 2.24) is 16.0 Å². The van der Waals surface area contributed by atoms with Crippen LogP contribution in [-0.2, 0) is 11.2 Å². The number of anilines is 1. The van der Waals surface area contributed by atoms with E-state index < -0.39 is 0 Å². The smallest absolute Gasteiger partial charge is 0.207 e. The minimum Gasteiger partial charge on any atom is -0.496 e. The van der Waals surface area contributed by atoms with Crippen molar-refractivity contribution in [3.05, 3.63) is 53.3 Å². The standard InChI is InChI=1S/C31H42FN3O3.C4H9N.H2/c1-37-31-10-8-22(13-30(31)23-5-3-2-4-6-23)7-9-28(11-12-33-21-36)38-29-15-26(32)14-27(16-29)35-19-24-17-34-18-25(24)20-35;1-2-4-5-3-1;/h8,10,13-16,21,23-25,28,34H,2-7,9,11-12,17-20H2,1H3,(H,33,36);5H,1-4H2;1H. The van der Waals surface area contributed by atoms with Crippen LogP contribution in [0.15, 0.2) is 36.4 Å². The van der Waals surface area contributed by atoms with Gasteiger partial charge < -0.3 is 30.3 Å². The Kier molecular flexibility index (Phi) is 12.0. The fourth-order valence-corrected chi connectivity index (χ4v) is 7.25. The lowest BCUT2D eigenvalue weighted by molar-refractivity contribution is -0.109. The second kappa shape index (κ2) is 16.3. The predicted molar refractivity (Wildman–Crippen MR) is 173 cm³/mol. The highest BCUT2D eigenvalue weighted by atomic mass is 19.1. The van der Waals surface area contributed by atoms with E-state index >= 15 is 0 Å². The van der Waals surface area contributed by atoms with Gasteiger partial charge in [-0.2, -0.15) is 0 Å². The molecule has 2 aromatic carbocycles. The highest BCUT2D eigenvalue weighted by Gasteiger charge is 2.36. The van der Waals surface area contributed by atoms with E-state index in [1.807, 2.05) is 6.07 Å². The number of nitrogens with one attached hydrogen (secondary N) is 3. The van der Waals surface area contributed by atoms with Crippen LogP contribution in [0.5, 0.6) is 11.5 Å². The average molecular weight is 597 g/mol. The van der Waals surface area contributed by atoms with E-state index in [-0.39, 0.29) is 13.3 Å². The van der Waals surface area contributed by atoms with Crippen LogP contribution in [0.4, 0.5) is 10.1 Å². The number of fused-ring (bicyclic) bond motifs is 1. The van der Waals surface area contributed by atoms with Crippen molar-refractivity contribution in [2.75, 3.05) is 57.8 Å². The molecule has 3 unspecified atom stereocenters. The van der Waals surface area contributed by atoms with Gasteiger partial charge in [-0.3, -0.25) is 4.79 Å². The fraction of sp³-hybridized carbons (Fsp3) is 0.629. The molecule has 0 aromatic heterocycles. The number of aryl methyl sites for hydroxylation is 1. The minimum absolute atomic E-state index is 0. The molecule has 2 aromatic rings. The number of nitrogens with zero attached hydrogens (tertiary/aromatic N) is 1. The van der Waals surface area contributed by atoms with Crippen LogP contribution < -0.4 is 30.3 Å². The molecule has 3 heterocycles. The lowest BCUT2D eigenvalue weighted by Gasteiger charge is -2.25. The second-order valence-corrected chi connectivity index (χ2v) is 12.7. The quantitative estimate of drug-likeness (QED) is 0.217. The molecule has 3 saturated heterocycles. The number of hydrogen-bond donors (Lipinski definition) is 3. The summed E-state index contributed by atoms with van der Waals surface area (Å²) in [4.78, 5) is 13.2. The van der Waals surface area contributed by atoms with Crippen molar-refractivity contribution in [2.45, 2.75) is 76.2 Å². The maximum Gasteiger partial charge on any atom is 0.207 e. The van der Waals surface area contributed by atoms with Crippen molar-refractivity contribution in [3.8, 4) is 11.5 Å². The summed E-state index contributed by atoms with van der Waals surface area (Å²) in [5.41, 5.74) is 3.48. The van der Waals surface area contributed by atoms with E-state index in [9.17, 15) is 9.18 Å². The largest absolute Gasteiger partial charge is 0.496 e. The summed E-state index contributed by atoms with van der Waals surface area (Å²) in [6, 6.07) is 11.6. The predicted octanol–water partition coefficient (Wildman–Crippen LogP) is 5.67. The minimum atomic E-state index is -0.273. The van der Waals surface area contributed by atoms with Crippen LogP contribution in [0.1, 0.15) is 76.3 Å². The molecule has 3 N–H and O–H groups in total. The zero-order valence-electron chi connectivity index (χ0n) is 25.9. The van der Waals surface area contributed by atoms with Crippen LogP contribution in [0.25, 0.3) is 0 Å². The van der Waals surface area contributed by atoms with Gasteiger partial charge in [-0.05, 0) is 92.6 Å². The van der Waals surface area contributed by atoms with E-state index in [1.54, 1.807) is 13.2 Å². The average Bonchev–Trinajstić information content (AvgIpc) is 3.81. The Balaban J connectivity index is 0.000000670. The third-order valence-corrected chi connectivity index (χ3v) is 9.66. The molecule has 1 saturated carbocycles. The molecule has 238 valence electrons. The number of amides is 1. The van der Waals surface area contributed by atoms with Gasteiger partial charge >= 0.3 is 0 Å². The van der Waals surface area contributed by atoms with Crippen molar-refractivity contribution < 1.29 is 20.1 Å². The summed E-state index contributed by atoms with van der Waals surface area (Å²) in [6.45, 7) is 7.01. The van der Waals surface area contributed by atoms with E-state index in [2.05, 4.69) is 39.0 Å². The highest BCUT2D eigenvalue weighted by Crippen LogP contribution is 2.38. The van der Waals surface area contributed by atoms with Crippen LogP contribution in [0.2, 0.25) is 0 Å². The van der Waals surface area contributed by atoms with Crippen LogP contribution in [0.3, 0.4) is 0 Å². The van der Waals surface area contributed by atoms with Gasteiger partial charge in [-0.25, -0.2) is 4.39 Å². The van der Waals surface area contributed by atoms with Gasteiger partial charge in [0.15, 0.2) is 0 Å². The molecule has 3 atom stereocenters. The molecule has 7 nitrogen and oxygen atoms in total. The highest BCUT2D eigenvalue weighted by molar-refractivity contribution is 5.52. The van der Waals surface area contributed by atoms with Gasteiger partial charge in [0.1, 0.15) is 23.4 Å². The van der Waals surface area contributed by atoms with Gasteiger partial charge in [0.25, 0.3) is 0 Å². The molecule has 6 rings (SSSR count). The van der Waals surface area contributed by atoms with Crippen LogP contribution >= 0.6 is 0 Å². The van der Waals surface area contributed by atoms with Gasteiger partial charge in [0.05, 0.1) is 7.11 Å². The summed E-state index contributed by atoms with van der Waals surface area (Å²) >= 11 is 0. The number of methoxy groups -OCH3 is 1. The van der Waals surface area contributed by atoms with Crippen LogP contribution in [-0.4, -0.2) is 65.4 Å². The Morgan fingerprint density at radius 2 is 1.77 bits per heavy atom. The van der Waals surface area contributed by atoms with Gasteiger partial charge in [-0.1, -0.05) is 31.4 Å². The third kappa shape index (κ3) is 9.08. The van der Waals surface area contributed by atoms with Gasteiger partial charge in [0.2, 0.25) is 6.41 Å². The Morgan fingerprint density at radius 1 is 1.00 bits per heavy atom. The molecule has 1 amide bonds. The maximum absolute atomic E-state index is 14.7. The normalized spacial score (nSPS) is 22.4. The summed E-state index contributed by atoms with van der Waals surface area (Å²) < 4.78 is 26.8. The number of halogens is 1. The number of rotatable bonds is 12. The van der Waals surface area contributed by atoms with Crippen molar-refractivity contribution >= 4 is 12.1 Å². The number of benzene rings is 2. The summed E-state index contributed by atoms with van der Waals surface area (Å²) in [6.07, 6.45) is 12.0. The summed E-state index contributed by atoms with van der Waals surface area (Å²) in [7, 11) is 1.75. The first-order valence-corrected chi connectivity index (χ1v) is 16.6. The van der Waals surface area contributed by atoms with E-state index in [0.29, 0.717) is 36.5 Å². The lowest BCUT2D eigenvalue weighted by Crippen LogP contribution is -2.26. The first-order chi connectivity index (χ1) is 21.1. The molecule has 0 bridgehead atoms. The molecule has 1 aliphatic carbocycles. The fourth-order valence-electron chi connectivity index (χ4n) is 7.25. The first kappa shape index (κ1) is 31.6. The van der Waals surface area contributed by atoms with Crippen LogP contribution in [0, 0.1) is 17.7 Å². The number of carbonyl (C=O) groups is 1. The van der Waals surface area contributed by atoms with E-state index in [1.165, 1.54) is 75.2 Å². The van der Waals surface area contributed by atoms with Crippen molar-refractivity contribution in [3.63, 3.8) is 0 Å². The van der Waals surface area contributed by atoms with Gasteiger partial charge in [0, 0.05) is 58.4 Å². The second-order valence-electron chi connectivity index (χ2n) is 12.7. The van der Waals surface area contributed by atoms with E-state index in [0.717, 1.165) is 56.9 Å². The molecule has 4 aliphatic rings. The monoisotopic (exact) mass is 596 g/mol. The van der Waals surface area contributed by atoms with Crippen molar-refractivity contribution in [1.29, 1.82) is 0 Å². The number of ether oxygens (including phenoxy) is 2. The zero-order chi connectivity index (χ0) is 29.9. The zero-order valence-corrected chi connectivity index (χ0v) is 25.9. The summed E-state index contributed by atoms with van der Waals surface area (Å²) in [5.74, 6) is 3.10. The Morgan fingerprint density at radius 3 is 2.44 bits per heavy atom. The van der Waals surface area contributed by atoms with Crippen molar-refractivity contribution in [2.24, 2.45) is 11.8 Å². The molecule has 43 heavy (non-hydrogen) atoms. The molecular formula is C35H53FN4O3. The third-order valence-electron chi connectivity index (χ3n) is 9.66. The molecule has 0 spiro atoms. The molecule has 3 aliphatic heterocycles. The van der Waals surface area contributed by atoms with Gasteiger partial charge in [-0.15, -0.1) is 0 Å². The molecule has 8 heteroatoms.